The van der Waals surface area contributed by atoms with Crippen LogP contribution in [0.4, 0.5) is 9.18 Å². The zero-order valence-electron chi connectivity index (χ0n) is 26.8. The first kappa shape index (κ1) is 33.4. The highest BCUT2D eigenvalue weighted by Gasteiger charge is 2.61. The third-order valence-electron chi connectivity index (χ3n) is 9.39. The number of pyridine rings is 1. The van der Waals surface area contributed by atoms with Crippen molar-refractivity contribution in [3.05, 3.63) is 42.2 Å². The van der Waals surface area contributed by atoms with Gasteiger partial charge in [0.15, 0.2) is 0 Å². The molecule has 3 N–H and O–H groups in total. The normalized spacial score (nSPS) is 29.9. The molecule has 3 amide bonds. The van der Waals surface area contributed by atoms with Gasteiger partial charge in [-0.25, -0.2) is 19.0 Å². The molecule has 0 bridgehead atoms. The molecule has 1 saturated carbocycles. The molecule has 258 valence electrons. The van der Waals surface area contributed by atoms with Gasteiger partial charge in [0.25, 0.3) is 0 Å². The number of ether oxygens (including phenoxy) is 4. The number of fused-ring (bicyclic) bond motifs is 3. The van der Waals surface area contributed by atoms with Gasteiger partial charge in [-0.05, 0) is 44.7 Å². The Hall–Kier alpha value is -4.46. The molecule has 2 aromatic rings. The number of benzene rings is 1. The summed E-state index contributed by atoms with van der Waals surface area (Å²) in [7, 11) is 0. The summed E-state index contributed by atoms with van der Waals surface area (Å²) in [5, 5.41) is 16.0. The molecule has 2 saturated heterocycles. The second-order valence-electron chi connectivity index (χ2n) is 12.7. The molecule has 4 heterocycles. The second-order valence-corrected chi connectivity index (χ2v) is 12.7. The number of aromatic nitrogens is 1. The van der Waals surface area contributed by atoms with Gasteiger partial charge >= 0.3 is 12.1 Å². The minimum absolute atomic E-state index is 0.0213. The lowest BCUT2D eigenvalue weighted by atomic mass is 10.0. The van der Waals surface area contributed by atoms with E-state index < -0.39 is 59.5 Å². The van der Waals surface area contributed by atoms with E-state index >= 15 is 0 Å². The fourth-order valence-corrected chi connectivity index (χ4v) is 6.74. The van der Waals surface area contributed by atoms with E-state index in [9.17, 15) is 28.7 Å². The van der Waals surface area contributed by atoms with Crippen LogP contribution in [0.15, 0.2) is 36.4 Å². The number of allylic oxidation sites excluding steroid dienone is 1. The fourth-order valence-electron chi connectivity index (χ4n) is 6.74. The van der Waals surface area contributed by atoms with E-state index in [-0.39, 0.29) is 55.7 Å². The van der Waals surface area contributed by atoms with E-state index in [1.54, 1.807) is 13.0 Å². The molecule has 6 atom stereocenters. The van der Waals surface area contributed by atoms with Crippen LogP contribution >= 0.6 is 0 Å². The molecular weight excluding hydrogens is 627 g/mol. The monoisotopic (exact) mass is 668 g/mol. The number of hydrogen-bond donors (Lipinski definition) is 3. The molecule has 4 aliphatic rings. The van der Waals surface area contributed by atoms with Crippen LogP contribution in [-0.2, 0) is 23.9 Å². The highest BCUT2D eigenvalue weighted by molar-refractivity contribution is 5.96. The van der Waals surface area contributed by atoms with Gasteiger partial charge in [-0.1, -0.05) is 31.1 Å². The number of carbonyl (C=O) groups is 4. The molecular formula is C34H41FN4O9. The van der Waals surface area contributed by atoms with Crippen molar-refractivity contribution in [1.29, 1.82) is 0 Å². The van der Waals surface area contributed by atoms with Crippen molar-refractivity contribution in [3.63, 3.8) is 0 Å². The summed E-state index contributed by atoms with van der Waals surface area (Å²) in [4.78, 5) is 59.1. The number of hydrogen-bond acceptors (Lipinski definition) is 9. The average molecular weight is 669 g/mol. The van der Waals surface area contributed by atoms with Gasteiger partial charge in [0.05, 0.1) is 26.4 Å². The molecule has 1 aromatic carbocycles. The van der Waals surface area contributed by atoms with E-state index in [2.05, 4.69) is 15.6 Å². The van der Waals surface area contributed by atoms with Gasteiger partial charge in [0.1, 0.15) is 46.9 Å². The molecule has 3 fully saturated rings. The number of halogens is 1. The molecule has 3 aliphatic heterocycles. The van der Waals surface area contributed by atoms with Crippen LogP contribution in [0.25, 0.3) is 10.9 Å². The Kier molecular flexibility index (Phi) is 9.99. The third kappa shape index (κ3) is 7.18. The van der Waals surface area contributed by atoms with Crippen LogP contribution in [0.5, 0.6) is 11.6 Å². The number of carboxylic acid groups (broad SMARTS) is 1. The maximum Gasteiger partial charge on any atom is 0.408 e. The third-order valence-corrected chi connectivity index (χ3v) is 9.39. The number of para-hydroxylation sites is 1. The van der Waals surface area contributed by atoms with Gasteiger partial charge in [-0.15, -0.1) is 0 Å². The minimum atomic E-state index is -1.47. The Morgan fingerprint density at radius 2 is 2.06 bits per heavy atom. The van der Waals surface area contributed by atoms with Crippen molar-refractivity contribution in [3.8, 4) is 11.6 Å². The summed E-state index contributed by atoms with van der Waals surface area (Å²) < 4.78 is 37.5. The van der Waals surface area contributed by atoms with E-state index in [4.69, 9.17) is 18.9 Å². The maximum atomic E-state index is 14.8. The number of carboxylic acids is 1. The van der Waals surface area contributed by atoms with Crippen molar-refractivity contribution in [2.75, 3.05) is 26.4 Å². The smallest absolute Gasteiger partial charge is 0.408 e. The van der Waals surface area contributed by atoms with Crippen LogP contribution < -0.4 is 20.1 Å². The molecule has 0 spiro atoms. The summed E-state index contributed by atoms with van der Waals surface area (Å²) in [6.07, 6.45) is 5.92. The molecule has 48 heavy (non-hydrogen) atoms. The number of nitrogens with one attached hydrogen (secondary N) is 2. The van der Waals surface area contributed by atoms with E-state index in [1.165, 1.54) is 23.1 Å². The summed E-state index contributed by atoms with van der Waals surface area (Å²) in [5.74, 6) is -2.82. The largest absolute Gasteiger partial charge is 0.488 e. The Bertz CT molecular complexity index is 1580. The number of amides is 3. The Balaban J connectivity index is 1.30. The van der Waals surface area contributed by atoms with Crippen molar-refractivity contribution in [2.24, 2.45) is 5.92 Å². The fraction of sp³-hybridized carbons (Fsp3) is 0.559. The molecule has 1 unspecified atom stereocenters. The lowest BCUT2D eigenvalue weighted by Gasteiger charge is -2.29. The number of carbonyl (C=O) groups excluding carboxylic acids is 3. The molecule has 1 aliphatic carbocycles. The van der Waals surface area contributed by atoms with Gasteiger partial charge in [-0.3, -0.25) is 9.59 Å². The first-order chi connectivity index (χ1) is 23.2. The quantitative estimate of drug-likeness (QED) is 0.372. The van der Waals surface area contributed by atoms with Gasteiger partial charge in [-0.2, -0.15) is 0 Å². The zero-order valence-corrected chi connectivity index (χ0v) is 26.8. The second kappa shape index (κ2) is 14.3. The lowest BCUT2D eigenvalue weighted by Crippen LogP contribution is -2.56. The van der Waals surface area contributed by atoms with Crippen LogP contribution in [0, 0.1) is 11.7 Å². The Labute approximate surface area is 277 Å². The van der Waals surface area contributed by atoms with E-state index in [1.807, 2.05) is 12.2 Å². The standard InChI is InChI=1S/C34H41FN4O9/c1-2-46-28-16-27(23-10-8-11-24(35)29(23)37-28)47-22-15-26-30(40)38-34(32(42)43)17-20(34)9-6-4-3-5-7-12-25(31(41)39(26)18-22)36-33(44)48-21-13-14-45-19-21/h6,8-11,16,20-22,25-26H,2-5,7,12-15,17-19H2,1H3,(H,36,44)(H,38,40)(H,42,43)/b9-6-/t20-,21?,22+,25-,26-,34+/m0/s1. The van der Waals surface area contributed by atoms with Crippen LogP contribution in [-0.4, -0.2) is 95.1 Å². The van der Waals surface area contributed by atoms with E-state index in [0.717, 1.165) is 19.3 Å². The van der Waals surface area contributed by atoms with Gasteiger partial charge in [0.2, 0.25) is 17.7 Å². The molecule has 6 rings (SSSR count). The highest BCUT2D eigenvalue weighted by Crippen LogP contribution is 2.45. The SMILES string of the molecule is CCOc1cc(O[C@@H]2C[C@H]3C(=O)N[C@]4(C(=O)O)C[C@@H]4/C=C\CCCCC[C@H](NC(=O)OC4CCOC4)C(=O)N3C2)c2cccc(F)c2n1. The summed E-state index contributed by atoms with van der Waals surface area (Å²) in [5.41, 5.74) is -1.43. The maximum absolute atomic E-state index is 14.8. The molecule has 1 aromatic heterocycles. The molecule has 0 radical (unpaired) electrons. The van der Waals surface area contributed by atoms with Crippen LogP contribution in [0.2, 0.25) is 0 Å². The number of nitrogens with zero attached hydrogens (tertiary/aromatic N) is 2. The summed E-state index contributed by atoms with van der Waals surface area (Å²) in [6.45, 7) is 2.76. The van der Waals surface area contributed by atoms with Crippen molar-refractivity contribution >= 4 is 34.8 Å². The molecule has 13 nitrogen and oxygen atoms in total. The predicted molar refractivity (Wildman–Crippen MR) is 169 cm³/mol. The highest BCUT2D eigenvalue weighted by atomic mass is 19.1. The number of aliphatic carboxylic acids is 1. The Morgan fingerprint density at radius 3 is 2.83 bits per heavy atom. The van der Waals surface area contributed by atoms with Crippen molar-refractivity contribution < 1.29 is 47.6 Å². The topological polar surface area (TPSA) is 166 Å². The molecule has 14 heteroatoms. The first-order valence-corrected chi connectivity index (χ1v) is 16.6. The summed E-state index contributed by atoms with van der Waals surface area (Å²) in [6, 6.07) is 3.89. The number of alkyl carbamates (subject to hydrolysis) is 1. The summed E-state index contributed by atoms with van der Waals surface area (Å²) >= 11 is 0. The first-order valence-electron chi connectivity index (χ1n) is 16.6. The zero-order chi connectivity index (χ0) is 33.8. The number of rotatable bonds is 7. The van der Waals surface area contributed by atoms with Gasteiger partial charge in [0, 0.05) is 30.2 Å². The van der Waals surface area contributed by atoms with Crippen LogP contribution in [0.3, 0.4) is 0 Å². The van der Waals surface area contributed by atoms with Crippen molar-refractivity contribution in [1.82, 2.24) is 20.5 Å². The van der Waals surface area contributed by atoms with Gasteiger partial charge < -0.3 is 39.6 Å². The Morgan fingerprint density at radius 1 is 1.21 bits per heavy atom. The van der Waals surface area contributed by atoms with Crippen molar-refractivity contribution in [2.45, 2.75) is 88.1 Å². The predicted octanol–water partition coefficient (Wildman–Crippen LogP) is 3.48. The average Bonchev–Trinajstić information content (AvgIpc) is 3.34. The van der Waals surface area contributed by atoms with E-state index in [0.29, 0.717) is 31.3 Å². The van der Waals surface area contributed by atoms with Crippen LogP contribution in [0.1, 0.15) is 58.3 Å². The minimum Gasteiger partial charge on any atom is -0.488 e. The lowest BCUT2D eigenvalue weighted by molar-refractivity contribution is -0.145.